The van der Waals surface area contributed by atoms with Gasteiger partial charge in [0.2, 0.25) is 0 Å². The van der Waals surface area contributed by atoms with Crippen LogP contribution in [-0.4, -0.2) is 36.1 Å². The number of benzene rings is 1. The van der Waals surface area contributed by atoms with Crippen LogP contribution in [0.1, 0.15) is 31.7 Å². The van der Waals surface area contributed by atoms with E-state index in [1.165, 1.54) is 4.90 Å². The third-order valence-electron chi connectivity index (χ3n) is 4.22. The average Bonchev–Trinajstić information content (AvgIpc) is 3.07. The highest BCUT2D eigenvalue weighted by atomic mass is 32.1. The number of carbonyl (C=O) groups is 2. The predicted octanol–water partition coefficient (Wildman–Crippen LogP) is 3.58. The molecule has 1 aromatic carbocycles. The average molecular weight is 374 g/mol. The van der Waals surface area contributed by atoms with E-state index in [9.17, 15) is 9.59 Å². The summed E-state index contributed by atoms with van der Waals surface area (Å²) in [6, 6.07) is 4.85. The summed E-state index contributed by atoms with van der Waals surface area (Å²) in [6.07, 6.45) is 1.75. The van der Waals surface area contributed by atoms with Crippen molar-refractivity contribution < 1.29 is 19.1 Å². The molecule has 1 aliphatic heterocycles. The molecule has 3 rings (SSSR count). The number of nitrogens with zero attached hydrogens (tertiary/aromatic N) is 2. The zero-order valence-corrected chi connectivity index (χ0v) is 16.0. The second kappa shape index (κ2) is 7.86. The Hall–Kier alpha value is -2.41. The van der Waals surface area contributed by atoms with Gasteiger partial charge in [0, 0.05) is 10.9 Å². The van der Waals surface area contributed by atoms with Crippen LogP contribution in [0.4, 0.5) is 5.69 Å². The van der Waals surface area contributed by atoms with Gasteiger partial charge in [-0.2, -0.15) is 0 Å². The van der Waals surface area contributed by atoms with Crippen LogP contribution in [0, 0.1) is 6.92 Å². The van der Waals surface area contributed by atoms with E-state index in [2.05, 4.69) is 4.98 Å². The van der Waals surface area contributed by atoms with E-state index in [1.54, 1.807) is 18.3 Å². The van der Waals surface area contributed by atoms with Crippen LogP contribution in [0.3, 0.4) is 0 Å². The number of aromatic nitrogens is 1. The van der Waals surface area contributed by atoms with Gasteiger partial charge < -0.3 is 9.47 Å². The van der Waals surface area contributed by atoms with Gasteiger partial charge in [0.25, 0.3) is 5.91 Å². The summed E-state index contributed by atoms with van der Waals surface area (Å²) in [7, 11) is 0. The summed E-state index contributed by atoms with van der Waals surface area (Å²) in [5, 5.41) is 2.93. The SMILES string of the molecule is CCCCOC(=O)C(C)N1C(=O)COc2ccc(-c3csc(C)n3)cc21. The summed E-state index contributed by atoms with van der Waals surface area (Å²) in [6.45, 7) is 5.93. The Morgan fingerprint density at radius 1 is 1.46 bits per heavy atom. The maximum Gasteiger partial charge on any atom is 0.328 e. The van der Waals surface area contributed by atoms with E-state index in [4.69, 9.17) is 9.47 Å². The van der Waals surface area contributed by atoms with E-state index in [0.29, 0.717) is 18.0 Å². The number of amides is 1. The third-order valence-corrected chi connectivity index (χ3v) is 5.00. The second-order valence-corrected chi connectivity index (χ2v) is 7.25. The summed E-state index contributed by atoms with van der Waals surface area (Å²) in [4.78, 5) is 30.8. The van der Waals surface area contributed by atoms with Gasteiger partial charge in [0.1, 0.15) is 11.8 Å². The highest BCUT2D eigenvalue weighted by Gasteiger charge is 2.34. The number of esters is 1. The molecule has 26 heavy (non-hydrogen) atoms. The normalized spacial score (nSPS) is 14.6. The predicted molar refractivity (Wildman–Crippen MR) is 101 cm³/mol. The van der Waals surface area contributed by atoms with Gasteiger partial charge in [-0.25, -0.2) is 9.78 Å². The molecule has 1 amide bonds. The number of hydrogen-bond acceptors (Lipinski definition) is 6. The lowest BCUT2D eigenvalue weighted by Gasteiger charge is -2.33. The van der Waals surface area contributed by atoms with Crippen molar-refractivity contribution in [3.05, 3.63) is 28.6 Å². The topological polar surface area (TPSA) is 68.7 Å². The van der Waals surface area contributed by atoms with Crippen molar-refractivity contribution in [3.8, 4) is 17.0 Å². The largest absolute Gasteiger partial charge is 0.482 e. The van der Waals surface area contributed by atoms with Crippen LogP contribution < -0.4 is 9.64 Å². The van der Waals surface area contributed by atoms with Crippen molar-refractivity contribution in [3.63, 3.8) is 0 Å². The van der Waals surface area contributed by atoms with Gasteiger partial charge in [-0.15, -0.1) is 11.3 Å². The van der Waals surface area contributed by atoms with Crippen LogP contribution in [0.2, 0.25) is 0 Å². The maximum atomic E-state index is 12.5. The van der Waals surface area contributed by atoms with E-state index in [1.807, 2.05) is 37.4 Å². The second-order valence-electron chi connectivity index (χ2n) is 6.18. The molecule has 1 atom stereocenters. The van der Waals surface area contributed by atoms with Gasteiger partial charge >= 0.3 is 5.97 Å². The molecule has 0 saturated heterocycles. The fourth-order valence-electron chi connectivity index (χ4n) is 2.79. The smallest absolute Gasteiger partial charge is 0.328 e. The summed E-state index contributed by atoms with van der Waals surface area (Å²) >= 11 is 1.56. The molecule has 2 aromatic rings. The number of anilines is 1. The minimum atomic E-state index is -0.713. The number of rotatable bonds is 6. The van der Waals surface area contributed by atoms with Crippen LogP contribution in [-0.2, 0) is 14.3 Å². The van der Waals surface area contributed by atoms with Gasteiger partial charge in [-0.05, 0) is 38.5 Å². The summed E-state index contributed by atoms with van der Waals surface area (Å²) in [5.41, 5.74) is 2.29. The standard InChI is InChI=1S/C19H22N2O4S/c1-4-5-8-24-19(23)12(2)21-16-9-14(15-11-26-13(3)20-15)6-7-17(16)25-10-18(21)22/h6-7,9,11-12H,4-5,8,10H2,1-3H3. The Labute approximate surface area is 156 Å². The molecule has 7 heteroatoms. The van der Waals surface area contributed by atoms with E-state index in [-0.39, 0.29) is 12.5 Å². The Kier molecular flexibility index (Phi) is 5.56. The first-order valence-electron chi connectivity index (χ1n) is 8.69. The van der Waals surface area contributed by atoms with Crippen molar-refractivity contribution in [1.29, 1.82) is 0 Å². The van der Waals surface area contributed by atoms with Crippen LogP contribution in [0.25, 0.3) is 11.3 Å². The molecule has 138 valence electrons. The molecular weight excluding hydrogens is 352 g/mol. The first-order valence-corrected chi connectivity index (χ1v) is 9.57. The Morgan fingerprint density at radius 3 is 2.96 bits per heavy atom. The van der Waals surface area contributed by atoms with Crippen molar-refractivity contribution in [2.24, 2.45) is 0 Å². The maximum absolute atomic E-state index is 12.5. The molecule has 0 fully saturated rings. The lowest BCUT2D eigenvalue weighted by Crippen LogP contribution is -2.48. The van der Waals surface area contributed by atoms with E-state index >= 15 is 0 Å². The number of thiazole rings is 1. The molecule has 1 aromatic heterocycles. The summed E-state index contributed by atoms with van der Waals surface area (Å²) in [5.74, 6) is -0.0906. The Morgan fingerprint density at radius 2 is 2.27 bits per heavy atom. The van der Waals surface area contributed by atoms with E-state index < -0.39 is 12.0 Å². The zero-order valence-electron chi connectivity index (χ0n) is 15.2. The Balaban J connectivity index is 1.90. The zero-order chi connectivity index (χ0) is 18.7. The first kappa shape index (κ1) is 18.4. The quantitative estimate of drug-likeness (QED) is 0.571. The van der Waals surface area contributed by atoms with Crippen LogP contribution in [0.15, 0.2) is 23.6 Å². The van der Waals surface area contributed by atoms with Crippen molar-refractivity contribution >= 4 is 28.9 Å². The van der Waals surface area contributed by atoms with Crippen LogP contribution >= 0.6 is 11.3 Å². The Bertz CT molecular complexity index is 818. The number of carbonyl (C=O) groups excluding carboxylic acids is 2. The molecule has 1 aliphatic rings. The summed E-state index contributed by atoms with van der Waals surface area (Å²) < 4.78 is 10.8. The molecule has 0 aliphatic carbocycles. The lowest BCUT2D eigenvalue weighted by atomic mass is 10.1. The highest BCUT2D eigenvalue weighted by Crippen LogP contribution is 2.37. The molecule has 0 radical (unpaired) electrons. The van der Waals surface area contributed by atoms with Gasteiger partial charge in [0.05, 0.1) is 23.0 Å². The molecule has 0 N–H and O–H groups in total. The first-order chi connectivity index (χ1) is 12.5. The third kappa shape index (κ3) is 3.72. The van der Waals surface area contributed by atoms with Gasteiger partial charge in [-0.3, -0.25) is 9.69 Å². The molecule has 6 nitrogen and oxygen atoms in total. The molecule has 0 spiro atoms. The monoisotopic (exact) mass is 374 g/mol. The van der Waals surface area contributed by atoms with Crippen molar-refractivity contribution in [2.75, 3.05) is 18.1 Å². The lowest BCUT2D eigenvalue weighted by molar-refractivity contribution is -0.146. The minimum Gasteiger partial charge on any atom is -0.482 e. The number of aryl methyl sites for hydroxylation is 1. The number of fused-ring (bicyclic) bond motifs is 1. The fourth-order valence-corrected chi connectivity index (χ4v) is 3.42. The number of hydrogen-bond donors (Lipinski definition) is 0. The molecule has 1 unspecified atom stereocenters. The molecule has 0 bridgehead atoms. The molecule has 2 heterocycles. The fraction of sp³-hybridized carbons (Fsp3) is 0.421. The molecular formula is C19H22N2O4S. The molecule has 0 saturated carbocycles. The number of ether oxygens (including phenoxy) is 2. The van der Waals surface area contributed by atoms with Gasteiger partial charge in [0.15, 0.2) is 6.61 Å². The van der Waals surface area contributed by atoms with Crippen molar-refractivity contribution in [2.45, 2.75) is 39.7 Å². The minimum absolute atomic E-state index is 0.0886. The van der Waals surface area contributed by atoms with E-state index in [0.717, 1.165) is 29.1 Å². The van der Waals surface area contributed by atoms with Crippen LogP contribution in [0.5, 0.6) is 5.75 Å². The number of unbranched alkanes of at least 4 members (excludes halogenated alkanes) is 1. The van der Waals surface area contributed by atoms with Crippen molar-refractivity contribution in [1.82, 2.24) is 4.98 Å². The highest BCUT2D eigenvalue weighted by molar-refractivity contribution is 7.09. The van der Waals surface area contributed by atoms with Gasteiger partial charge in [-0.1, -0.05) is 13.3 Å².